The molecule has 0 saturated heterocycles. The summed E-state index contributed by atoms with van der Waals surface area (Å²) < 4.78 is 94.2. The van der Waals surface area contributed by atoms with Gasteiger partial charge in [-0.15, -0.1) is 10.2 Å². The maximum Gasteiger partial charge on any atom is 1.00 e. The van der Waals surface area contributed by atoms with Crippen LogP contribution in [0.3, 0.4) is 0 Å². The van der Waals surface area contributed by atoms with Crippen LogP contribution in [0.15, 0.2) is 108 Å². The van der Waals surface area contributed by atoms with Gasteiger partial charge in [-0.2, -0.15) is 18.6 Å². The number of carbonyl (C=O) groups is 1. The summed E-state index contributed by atoms with van der Waals surface area (Å²) in [7, 11) is -14.4. The van der Waals surface area contributed by atoms with Crippen LogP contribution in [0.1, 0.15) is 10.4 Å². The van der Waals surface area contributed by atoms with E-state index in [1.165, 1.54) is 30.3 Å². The number of benzene rings is 4. The molecule has 4 aromatic carbocycles. The molecule has 0 amide bonds. The van der Waals surface area contributed by atoms with Gasteiger partial charge in [0.25, 0.3) is 10.1 Å². The molecule has 0 heterocycles. The molecule has 0 saturated carbocycles. The van der Waals surface area contributed by atoms with Crippen LogP contribution >= 0.6 is 0 Å². The van der Waals surface area contributed by atoms with Gasteiger partial charge < -0.3 is 25.3 Å². The summed E-state index contributed by atoms with van der Waals surface area (Å²) >= 11 is 0. The number of carboxylic acid groups (broad SMARTS) is 1. The summed E-state index contributed by atoms with van der Waals surface area (Å²) in [6, 6.07) is 10.6. The van der Waals surface area contributed by atoms with Gasteiger partial charge in [-0.1, -0.05) is 24.5 Å². The van der Waals surface area contributed by atoms with Gasteiger partial charge in [0.2, 0.25) is 0 Å². The summed E-state index contributed by atoms with van der Waals surface area (Å²) in [4.78, 5) is 8.75. The quantitative estimate of drug-likeness (QED) is 0.0705. The molecule has 16 nitrogen and oxygen atoms in total. The Morgan fingerprint density at radius 3 is 1.89 bits per heavy atom. The smallest absolute Gasteiger partial charge is 0.870 e. The molecule has 0 fully saturated rings. The van der Waals surface area contributed by atoms with Gasteiger partial charge >= 0.3 is 88.7 Å². The zero-order valence-electron chi connectivity index (χ0n) is 24.7. The minimum atomic E-state index is -5.39. The number of sulfone groups is 1. The van der Waals surface area contributed by atoms with Gasteiger partial charge in [-0.3, -0.25) is 4.55 Å². The fourth-order valence-electron chi connectivity index (χ4n) is 3.79. The van der Waals surface area contributed by atoms with E-state index in [4.69, 9.17) is 5.73 Å². The van der Waals surface area contributed by atoms with Crippen LogP contribution in [0.2, 0.25) is 0 Å². The van der Waals surface area contributed by atoms with Gasteiger partial charge in [0.05, 0.1) is 38.5 Å². The van der Waals surface area contributed by atoms with Crippen molar-refractivity contribution < 1.29 is 138 Å². The Bertz CT molecular complexity index is 2270. The third-order valence-corrected chi connectivity index (χ3v) is 8.92. The molecule has 0 atom stereocenters. The first-order valence-electron chi connectivity index (χ1n) is 11.6. The first-order valence-corrected chi connectivity index (χ1v) is 16.0. The average Bonchev–Trinajstić information content (AvgIpc) is 2.95. The fourth-order valence-corrected chi connectivity index (χ4v) is 5.81. The average molecular weight is 728 g/mol. The number of nitrogens with two attached hydrogens (primary N) is 1. The maximum atomic E-state index is 13.5. The molecule has 0 aliphatic carbocycles. The van der Waals surface area contributed by atoms with E-state index < -0.39 is 79.4 Å². The molecular formula is C25H16N5Na3O11S3. The Morgan fingerprint density at radius 1 is 0.809 bits per heavy atom. The number of hydrogen-bond acceptors (Lipinski definition) is 15. The number of nitrogen functional groups attached to an aromatic ring is 1. The number of hydrogen-bond donors (Lipinski definition) is 2. The van der Waals surface area contributed by atoms with Gasteiger partial charge in [-0.25, -0.2) is 16.8 Å². The first kappa shape index (κ1) is 42.9. The van der Waals surface area contributed by atoms with E-state index in [0.29, 0.717) is 12.1 Å². The second-order valence-electron chi connectivity index (χ2n) is 8.66. The standard InChI is InChI=1S/C25H19N5O11S3.3Na/c1-2-42(34,35)17-8-6-15(7-9-17)27-29-22-18(43(36,37)38)11-14-12-19(44(39,40)41)23(24(31)20(14)21(22)26)30-28-16-5-3-4-13(10-16)25(32)33;;;/h2-12,31H,1,26H2,(H,32,33)(H,36,37,38)(H,39,40,41);;;/q;3*+1/p-3. The summed E-state index contributed by atoms with van der Waals surface area (Å²) in [5.74, 6) is -2.86. The number of carbonyl (C=O) groups excluding carboxylic acids is 1. The molecule has 0 aromatic heterocycles. The van der Waals surface area contributed by atoms with Crippen molar-refractivity contribution in [3.8, 4) is 5.75 Å². The predicted octanol–water partition coefficient (Wildman–Crippen LogP) is -6.23. The SMILES string of the molecule is C=CS(=O)(=O)c1ccc(N=Nc2c(S(=O)(=O)[O-])cc3cc(S(=O)(=O)O)c(N=Nc4cccc(C(=O)[O-])c4)c([O-])c3c2N)cc1.[Na+].[Na+].[Na+]. The molecule has 47 heavy (non-hydrogen) atoms. The van der Waals surface area contributed by atoms with Crippen molar-refractivity contribution in [1.82, 2.24) is 0 Å². The first-order chi connectivity index (χ1) is 20.4. The van der Waals surface area contributed by atoms with Crippen molar-refractivity contribution >= 4 is 75.3 Å². The van der Waals surface area contributed by atoms with Gasteiger partial charge in [-0.05, 0) is 59.5 Å². The van der Waals surface area contributed by atoms with Gasteiger partial charge in [0.15, 0.2) is 9.84 Å². The Labute approximate surface area is 334 Å². The number of fused-ring (bicyclic) bond motifs is 1. The molecule has 0 aliphatic rings. The van der Waals surface area contributed by atoms with E-state index >= 15 is 0 Å². The van der Waals surface area contributed by atoms with Crippen LogP contribution < -0.4 is 105 Å². The van der Waals surface area contributed by atoms with Crippen LogP contribution in [0.5, 0.6) is 5.75 Å². The molecule has 228 valence electrons. The Morgan fingerprint density at radius 2 is 1.36 bits per heavy atom. The van der Waals surface area contributed by atoms with E-state index in [-0.39, 0.29) is 111 Å². The van der Waals surface area contributed by atoms with Crippen LogP contribution in [0.4, 0.5) is 28.4 Å². The van der Waals surface area contributed by atoms with E-state index in [1.54, 1.807) is 0 Å². The zero-order chi connectivity index (χ0) is 32.6. The number of aromatic carboxylic acids is 1. The Kier molecular flexibility index (Phi) is 15.1. The zero-order valence-corrected chi connectivity index (χ0v) is 33.1. The minimum absolute atomic E-state index is 0. The molecule has 0 aliphatic heterocycles. The normalized spacial score (nSPS) is 11.9. The molecule has 22 heteroatoms. The van der Waals surface area contributed by atoms with E-state index in [1.807, 2.05) is 0 Å². The number of anilines is 1. The minimum Gasteiger partial charge on any atom is -0.870 e. The number of carboxylic acids is 1. The third kappa shape index (κ3) is 9.76. The molecule has 0 bridgehead atoms. The predicted molar refractivity (Wildman–Crippen MR) is 149 cm³/mol. The number of rotatable bonds is 9. The molecule has 4 rings (SSSR count). The topological polar surface area (TPSA) is 284 Å². The molecule has 0 spiro atoms. The van der Waals surface area contributed by atoms with E-state index in [9.17, 15) is 49.4 Å². The molecule has 4 aromatic rings. The van der Waals surface area contributed by atoms with Crippen molar-refractivity contribution in [1.29, 1.82) is 0 Å². The monoisotopic (exact) mass is 727 g/mol. The Balaban J connectivity index is 0.00000368. The molecule has 0 unspecified atom stereocenters. The van der Waals surface area contributed by atoms with Crippen LogP contribution in [0, 0.1) is 0 Å². The third-order valence-electron chi connectivity index (χ3n) is 5.84. The van der Waals surface area contributed by atoms with Gasteiger partial charge in [0.1, 0.15) is 20.7 Å². The second kappa shape index (κ2) is 16.5. The molecule has 3 N–H and O–H groups in total. The van der Waals surface area contributed by atoms with Crippen molar-refractivity contribution in [2.75, 3.05) is 5.73 Å². The van der Waals surface area contributed by atoms with E-state index in [2.05, 4.69) is 27.0 Å². The number of nitrogens with zero attached hydrogens (tertiary/aromatic N) is 4. The molecule has 0 radical (unpaired) electrons. The van der Waals surface area contributed by atoms with Gasteiger partial charge in [0, 0.05) is 10.8 Å². The van der Waals surface area contributed by atoms with Crippen molar-refractivity contribution in [2.24, 2.45) is 20.5 Å². The summed E-state index contributed by atoms with van der Waals surface area (Å²) in [5, 5.41) is 38.9. The van der Waals surface area contributed by atoms with Crippen molar-refractivity contribution in [3.63, 3.8) is 0 Å². The van der Waals surface area contributed by atoms with Crippen LogP contribution in [-0.2, 0) is 30.1 Å². The van der Waals surface area contributed by atoms with Crippen molar-refractivity contribution in [3.05, 3.63) is 78.2 Å². The second-order valence-corrected chi connectivity index (χ2v) is 13.3. The molecular weight excluding hydrogens is 711 g/mol. The van der Waals surface area contributed by atoms with Crippen LogP contribution in [-0.4, -0.2) is 40.3 Å². The fraction of sp³-hybridized carbons (Fsp3) is 0. The van der Waals surface area contributed by atoms with Crippen molar-refractivity contribution in [2.45, 2.75) is 14.7 Å². The number of azo groups is 2. The van der Waals surface area contributed by atoms with Crippen LogP contribution in [0.25, 0.3) is 10.8 Å². The summed E-state index contributed by atoms with van der Waals surface area (Å²) in [6.07, 6.45) is 0. The summed E-state index contributed by atoms with van der Waals surface area (Å²) in [6.45, 7) is 3.20. The van der Waals surface area contributed by atoms with E-state index in [0.717, 1.165) is 23.6 Å². The summed E-state index contributed by atoms with van der Waals surface area (Å²) in [5.41, 5.74) is 3.01. The maximum absolute atomic E-state index is 13.5. The Hall–Kier alpha value is -2.08. The largest absolute Gasteiger partial charge is 1.00 e.